The van der Waals surface area contributed by atoms with E-state index in [9.17, 15) is 14.4 Å². The van der Waals surface area contributed by atoms with Gasteiger partial charge in [-0.1, -0.05) is 54.9 Å². The molecular formula is C28H25ClN2O4S. The maximum atomic E-state index is 13.6. The summed E-state index contributed by atoms with van der Waals surface area (Å²) in [6.45, 7) is 2.14. The van der Waals surface area contributed by atoms with Gasteiger partial charge in [0.1, 0.15) is 10.6 Å². The predicted molar refractivity (Wildman–Crippen MR) is 143 cm³/mol. The Hall–Kier alpha value is -3.55. The van der Waals surface area contributed by atoms with Crippen LogP contribution in [-0.4, -0.2) is 24.9 Å². The molecule has 0 fully saturated rings. The number of nitrogens with one attached hydrogen (secondary N) is 1. The van der Waals surface area contributed by atoms with E-state index in [-0.39, 0.29) is 10.6 Å². The quantitative estimate of drug-likeness (QED) is 0.258. The molecule has 1 aliphatic heterocycles. The van der Waals surface area contributed by atoms with Gasteiger partial charge in [0.05, 0.1) is 18.4 Å². The number of nitrogens with zero attached hydrogens (tertiary/aromatic N) is 1. The zero-order chi connectivity index (χ0) is 25.7. The van der Waals surface area contributed by atoms with E-state index in [0.29, 0.717) is 22.0 Å². The number of imide groups is 1. The first-order valence-electron chi connectivity index (χ1n) is 11.5. The van der Waals surface area contributed by atoms with Crippen molar-refractivity contribution in [3.05, 3.63) is 99.5 Å². The molecule has 1 aliphatic rings. The van der Waals surface area contributed by atoms with Gasteiger partial charge >= 0.3 is 5.97 Å². The van der Waals surface area contributed by atoms with Gasteiger partial charge in [0.15, 0.2) is 0 Å². The number of benzene rings is 3. The second kappa shape index (κ2) is 11.5. The average molecular weight is 521 g/mol. The molecule has 8 heteroatoms. The van der Waals surface area contributed by atoms with E-state index >= 15 is 0 Å². The van der Waals surface area contributed by atoms with Gasteiger partial charge in [0.2, 0.25) is 0 Å². The molecule has 2 amide bonds. The van der Waals surface area contributed by atoms with Gasteiger partial charge in [-0.2, -0.15) is 0 Å². The van der Waals surface area contributed by atoms with Crippen molar-refractivity contribution in [1.82, 2.24) is 0 Å². The monoisotopic (exact) mass is 520 g/mol. The highest BCUT2D eigenvalue weighted by Crippen LogP contribution is 2.38. The molecule has 184 valence electrons. The minimum atomic E-state index is -0.498. The fraction of sp³-hybridized carbons (Fsp3) is 0.179. The molecule has 0 saturated carbocycles. The Morgan fingerprint density at radius 1 is 1.00 bits per heavy atom. The van der Waals surface area contributed by atoms with Crippen LogP contribution in [0.15, 0.2) is 88.3 Å². The summed E-state index contributed by atoms with van der Waals surface area (Å²) in [6, 6.07) is 21.1. The third kappa shape index (κ3) is 5.64. The number of carbonyl (C=O) groups excluding carboxylic acids is 3. The number of methoxy groups -OCH3 is 1. The maximum Gasteiger partial charge on any atom is 0.337 e. The fourth-order valence-electron chi connectivity index (χ4n) is 3.75. The van der Waals surface area contributed by atoms with Crippen LogP contribution in [0.4, 0.5) is 11.4 Å². The number of unbranched alkanes of at least 4 members (excludes halogenated alkanes) is 1. The van der Waals surface area contributed by atoms with Crippen molar-refractivity contribution in [2.24, 2.45) is 0 Å². The summed E-state index contributed by atoms with van der Waals surface area (Å²) in [7, 11) is 1.30. The predicted octanol–water partition coefficient (Wildman–Crippen LogP) is 6.46. The second-order valence-corrected chi connectivity index (χ2v) is 9.69. The molecule has 3 aromatic rings. The van der Waals surface area contributed by atoms with Crippen LogP contribution in [0.25, 0.3) is 0 Å². The van der Waals surface area contributed by atoms with E-state index in [1.807, 2.05) is 12.1 Å². The number of thioether (sulfide) groups is 1. The lowest BCUT2D eigenvalue weighted by atomic mass is 10.1. The molecule has 0 aromatic heterocycles. The van der Waals surface area contributed by atoms with Gasteiger partial charge in [-0.25, -0.2) is 9.69 Å². The number of rotatable bonds is 9. The summed E-state index contributed by atoms with van der Waals surface area (Å²) in [4.78, 5) is 41.3. The highest BCUT2D eigenvalue weighted by molar-refractivity contribution is 8.04. The largest absolute Gasteiger partial charge is 0.465 e. The number of hydrogen-bond donors (Lipinski definition) is 1. The fourth-order valence-corrected chi connectivity index (χ4v) is 4.80. The molecule has 0 unspecified atom stereocenters. The normalized spacial score (nSPS) is 13.4. The molecule has 0 bridgehead atoms. The number of hydrogen-bond acceptors (Lipinski definition) is 6. The molecule has 0 atom stereocenters. The molecule has 4 rings (SSSR count). The number of halogens is 1. The summed E-state index contributed by atoms with van der Waals surface area (Å²) >= 11 is 7.20. The first kappa shape index (κ1) is 25.5. The molecule has 1 N–H and O–H groups in total. The van der Waals surface area contributed by atoms with Crippen molar-refractivity contribution in [1.29, 1.82) is 0 Å². The number of esters is 1. The number of aryl methyl sites for hydroxylation is 1. The number of amides is 2. The van der Waals surface area contributed by atoms with Crippen LogP contribution in [-0.2, 0) is 20.7 Å². The Kier molecular flexibility index (Phi) is 8.13. The molecule has 6 nitrogen and oxygen atoms in total. The summed E-state index contributed by atoms with van der Waals surface area (Å²) in [5.41, 5.74) is 2.60. The van der Waals surface area contributed by atoms with E-state index in [1.165, 1.54) is 23.8 Å². The van der Waals surface area contributed by atoms with E-state index in [1.54, 1.807) is 60.7 Å². The summed E-state index contributed by atoms with van der Waals surface area (Å²) < 4.78 is 4.80. The minimum Gasteiger partial charge on any atom is -0.465 e. The second-order valence-electron chi connectivity index (χ2n) is 8.17. The first-order valence-corrected chi connectivity index (χ1v) is 12.7. The van der Waals surface area contributed by atoms with Gasteiger partial charge in [-0.3, -0.25) is 9.59 Å². The minimum absolute atomic E-state index is 0.136. The summed E-state index contributed by atoms with van der Waals surface area (Å²) in [5.74, 6) is -1.39. The number of ether oxygens (including phenoxy) is 1. The number of carbonyl (C=O) groups is 3. The van der Waals surface area contributed by atoms with Crippen molar-refractivity contribution in [3.8, 4) is 0 Å². The van der Waals surface area contributed by atoms with Crippen molar-refractivity contribution in [2.75, 3.05) is 17.3 Å². The van der Waals surface area contributed by atoms with Crippen LogP contribution in [0.5, 0.6) is 0 Å². The zero-order valence-electron chi connectivity index (χ0n) is 19.9. The van der Waals surface area contributed by atoms with Crippen molar-refractivity contribution < 1.29 is 19.1 Å². The molecule has 1 heterocycles. The zero-order valence-corrected chi connectivity index (χ0v) is 21.5. The molecule has 36 heavy (non-hydrogen) atoms. The highest BCUT2D eigenvalue weighted by Gasteiger charge is 2.40. The lowest BCUT2D eigenvalue weighted by molar-refractivity contribution is -0.120. The van der Waals surface area contributed by atoms with E-state index in [2.05, 4.69) is 12.2 Å². The van der Waals surface area contributed by atoms with Crippen LogP contribution in [0.2, 0.25) is 5.02 Å². The lowest BCUT2D eigenvalue weighted by Crippen LogP contribution is -2.32. The van der Waals surface area contributed by atoms with Gasteiger partial charge in [-0.15, -0.1) is 0 Å². The highest BCUT2D eigenvalue weighted by atomic mass is 35.5. The van der Waals surface area contributed by atoms with E-state index in [0.717, 1.165) is 29.7 Å². The Bertz CT molecular complexity index is 1320. The van der Waals surface area contributed by atoms with Gasteiger partial charge in [0, 0.05) is 15.6 Å². The molecule has 3 aromatic carbocycles. The van der Waals surface area contributed by atoms with Crippen LogP contribution in [0.1, 0.15) is 35.7 Å². The standard InChI is InChI=1S/C28H25ClN2O4S/c1-3-4-6-18-9-13-22(14-10-18)31-26(32)24(30-21-8-5-7-19(17-21)28(34)35-2)25(27(31)33)36-23-15-11-20(29)12-16-23/h5,7-17,30H,3-4,6H2,1-2H3. The smallest absolute Gasteiger partial charge is 0.337 e. The van der Waals surface area contributed by atoms with Gasteiger partial charge in [0.25, 0.3) is 11.8 Å². The Balaban J connectivity index is 1.68. The van der Waals surface area contributed by atoms with E-state index in [4.69, 9.17) is 16.3 Å². The van der Waals surface area contributed by atoms with E-state index < -0.39 is 17.8 Å². The maximum absolute atomic E-state index is 13.6. The van der Waals surface area contributed by atoms with Crippen molar-refractivity contribution in [2.45, 2.75) is 31.1 Å². The third-order valence-electron chi connectivity index (χ3n) is 5.64. The van der Waals surface area contributed by atoms with Crippen LogP contribution >= 0.6 is 23.4 Å². The Morgan fingerprint density at radius 2 is 1.72 bits per heavy atom. The molecule has 0 radical (unpaired) electrons. The van der Waals surface area contributed by atoms with Crippen LogP contribution in [0, 0.1) is 0 Å². The van der Waals surface area contributed by atoms with Crippen molar-refractivity contribution >= 4 is 52.5 Å². The topological polar surface area (TPSA) is 75.7 Å². The van der Waals surface area contributed by atoms with Crippen molar-refractivity contribution in [3.63, 3.8) is 0 Å². The molecule has 0 saturated heterocycles. The Labute approximate surface area is 219 Å². The Morgan fingerprint density at radius 3 is 2.39 bits per heavy atom. The lowest BCUT2D eigenvalue weighted by Gasteiger charge is -2.16. The summed E-state index contributed by atoms with van der Waals surface area (Å²) in [6.07, 6.45) is 3.10. The summed E-state index contributed by atoms with van der Waals surface area (Å²) in [5, 5.41) is 3.65. The third-order valence-corrected chi connectivity index (χ3v) is 6.98. The first-order chi connectivity index (χ1) is 17.4. The number of anilines is 2. The molecule has 0 aliphatic carbocycles. The molecule has 0 spiro atoms. The average Bonchev–Trinajstić information content (AvgIpc) is 3.12. The van der Waals surface area contributed by atoms with Crippen LogP contribution in [0.3, 0.4) is 0 Å². The van der Waals surface area contributed by atoms with Gasteiger partial charge in [-0.05, 0) is 73.0 Å². The SMILES string of the molecule is CCCCc1ccc(N2C(=O)C(Nc3cccc(C(=O)OC)c3)=C(Sc3ccc(Cl)cc3)C2=O)cc1. The van der Waals surface area contributed by atoms with Gasteiger partial charge < -0.3 is 10.1 Å². The van der Waals surface area contributed by atoms with Crippen LogP contribution < -0.4 is 10.2 Å². The molecular weight excluding hydrogens is 496 g/mol.